The normalized spacial score (nSPS) is 21.8. The minimum absolute atomic E-state index is 0.254. The van der Waals surface area contributed by atoms with Crippen LogP contribution in [0.4, 0.5) is 5.82 Å². The lowest BCUT2D eigenvalue weighted by Gasteiger charge is -2.35. The van der Waals surface area contributed by atoms with Gasteiger partial charge in [0.1, 0.15) is 17.0 Å². The van der Waals surface area contributed by atoms with E-state index in [-0.39, 0.29) is 6.04 Å². The monoisotopic (exact) mass is 276 g/mol. The van der Waals surface area contributed by atoms with Gasteiger partial charge in [0.15, 0.2) is 0 Å². The molecule has 2 atom stereocenters. The third-order valence-electron chi connectivity index (χ3n) is 3.93. The van der Waals surface area contributed by atoms with E-state index in [1.54, 1.807) is 17.7 Å². The summed E-state index contributed by atoms with van der Waals surface area (Å²) in [6.07, 6.45) is 4.11. The Morgan fingerprint density at radius 2 is 2.32 bits per heavy atom. The minimum Gasteiger partial charge on any atom is -0.356 e. The van der Waals surface area contributed by atoms with E-state index in [1.807, 2.05) is 0 Å². The molecule has 2 aromatic heterocycles. The molecule has 1 aliphatic rings. The molecule has 0 bridgehead atoms. The Hall–Kier alpha value is -1.20. The van der Waals surface area contributed by atoms with E-state index >= 15 is 0 Å². The predicted molar refractivity (Wildman–Crippen MR) is 80.7 cm³/mol. The zero-order valence-corrected chi connectivity index (χ0v) is 12.3. The molecule has 5 heteroatoms. The summed E-state index contributed by atoms with van der Waals surface area (Å²) in [4.78, 5) is 13.6. The molecule has 0 radical (unpaired) electrons. The summed E-state index contributed by atoms with van der Waals surface area (Å²) in [6.45, 7) is 6.32. The first-order valence-electron chi connectivity index (χ1n) is 6.87. The van der Waals surface area contributed by atoms with E-state index in [0.717, 1.165) is 23.7 Å². The molecule has 4 nitrogen and oxygen atoms in total. The standard InChI is InChI=1S/C14H20N4S/c1-9-6-12-13(16-8-17-14(12)19-9)18-5-3-4-11(7-18)10(2)15/h6,8,10-11H,3-5,7,15H2,1-2H3. The van der Waals surface area contributed by atoms with Gasteiger partial charge in [-0.2, -0.15) is 0 Å². The van der Waals surface area contributed by atoms with Gasteiger partial charge in [-0.05, 0) is 38.7 Å². The number of aromatic nitrogens is 2. The van der Waals surface area contributed by atoms with Crippen molar-refractivity contribution >= 4 is 27.4 Å². The van der Waals surface area contributed by atoms with Crippen molar-refractivity contribution in [1.29, 1.82) is 0 Å². The number of hydrogen-bond donors (Lipinski definition) is 1. The molecule has 0 aliphatic carbocycles. The Morgan fingerprint density at radius 3 is 3.11 bits per heavy atom. The second kappa shape index (κ2) is 5.06. The first-order valence-corrected chi connectivity index (χ1v) is 7.68. The van der Waals surface area contributed by atoms with E-state index in [4.69, 9.17) is 5.73 Å². The number of hydrogen-bond acceptors (Lipinski definition) is 5. The molecule has 3 rings (SSSR count). The first-order chi connectivity index (χ1) is 9.15. The highest BCUT2D eigenvalue weighted by Gasteiger charge is 2.24. The quantitative estimate of drug-likeness (QED) is 0.916. The van der Waals surface area contributed by atoms with Crippen LogP contribution in [0, 0.1) is 12.8 Å². The number of rotatable bonds is 2. The van der Waals surface area contributed by atoms with Crippen LogP contribution in [-0.4, -0.2) is 29.1 Å². The molecular weight excluding hydrogens is 256 g/mol. The van der Waals surface area contributed by atoms with Crippen LogP contribution >= 0.6 is 11.3 Å². The molecule has 0 saturated carbocycles. The lowest BCUT2D eigenvalue weighted by Crippen LogP contribution is -2.42. The highest BCUT2D eigenvalue weighted by atomic mass is 32.1. The van der Waals surface area contributed by atoms with E-state index in [0.29, 0.717) is 5.92 Å². The van der Waals surface area contributed by atoms with Gasteiger partial charge >= 0.3 is 0 Å². The van der Waals surface area contributed by atoms with Gasteiger partial charge in [-0.3, -0.25) is 0 Å². The Kier molecular flexibility index (Phi) is 3.41. The van der Waals surface area contributed by atoms with Crippen LogP contribution in [0.25, 0.3) is 10.2 Å². The van der Waals surface area contributed by atoms with Gasteiger partial charge in [-0.25, -0.2) is 9.97 Å². The number of aryl methyl sites for hydroxylation is 1. The summed E-state index contributed by atoms with van der Waals surface area (Å²) < 4.78 is 0. The van der Waals surface area contributed by atoms with Gasteiger partial charge in [-0.1, -0.05) is 0 Å². The van der Waals surface area contributed by atoms with Crippen LogP contribution in [0.3, 0.4) is 0 Å². The Labute approximate surface area is 117 Å². The number of piperidine rings is 1. The molecule has 1 aliphatic heterocycles. The van der Waals surface area contributed by atoms with Crippen LogP contribution in [-0.2, 0) is 0 Å². The summed E-state index contributed by atoms with van der Waals surface area (Å²) >= 11 is 1.73. The van der Waals surface area contributed by atoms with Gasteiger partial charge in [0.2, 0.25) is 0 Å². The second-order valence-electron chi connectivity index (χ2n) is 5.48. The van der Waals surface area contributed by atoms with Gasteiger partial charge in [0.25, 0.3) is 0 Å². The molecule has 2 N–H and O–H groups in total. The van der Waals surface area contributed by atoms with Crippen molar-refractivity contribution in [2.24, 2.45) is 11.7 Å². The third-order valence-corrected chi connectivity index (χ3v) is 4.89. The van der Waals surface area contributed by atoms with Crippen molar-refractivity contribution in [3.8, 4) is 0 Å². The fourth-order valence-electron chi connectivity index (χ4n) is 2.85. The molecule has 2 aromatic rings. The molecule has 102 valence electrons. The van der Waals surface area contributed by atoms with E-state index in [1.165, 1.54) is 23.1 Å². The minimum atomic E-state index is 0.254. The zero-order valence-electron chi connectivity index (χ0n) is 11.5. The van der Waals surface area contributed by atoms with Crippen LogP contribution in [0.15, 0.2) is 12.4 Å². The van der Waals surface area contributed by atoms with Crippen molar-refractivity contribution in [3.05, 3.63) is 17.3 Å². The predicted octanol–water partition coefficient (Wildman–Crippen LogP) is 2.56. The molecular formula is C14H20N4S. The highest BCUT2D eigenvalue weighted by Crippen LogP contribution is 2.32. The number of fused-ring (bicyclic) bond motifs is 1. The van der Waals surface area contributed by atoms with Gasteiger partial charge < -0.3 is 10.6 Å². The largest absolute Gasteiger partial charge is 0.356 e. The van der Waals surface area contributed by atoms with Gasteiger partial charge in [-0.15, -0.1) is 11.3 Å². The molecule has 3 heterocycles. The molecule has 1 saturated heterocycles. The summed E-state index contributed by atoms with van der Waals surface area (Å²) in [6, 6.07) is 2.45. The smallest absolute Gasteiger partial charge is 0.140 e. The van der Waals surface area contributed by atoms with Gasteiger partial charge in [0.05, 0.1) is 5.39 Å². The topological polar surface area (TPSA) is 55.0 Å². The van der Waals surface area contributed by atoms with Gasteiger partial charge in [0, 0.05) is 24.0 Å². The van der Waals surface area contributed by atoms with E-state index < -0.39 is 0 Å². The SMILES string of the molecule is Cc1cc2c(N3CCCC(C(C)N)C3)ncnc2s1. The zero-order chi connectivity index (χ0) is 13.4. The lowest BCUT2D eigenvalue weighted by atomic mass is 9.92. The summed E-state index contributed by atoms with van der Waals surface area (Å²) in [5.74, 6) is 1.65. The van der Waals surface area contributed by atoms with Crippen LogP contribution in [0.1, 0.15) is 24.6 Å². The number of nitrogens with two attached hydrogens (primary N) is 1. The van der Waals surface area contributed by atoms with Crippen molar-refractivity contribution in [3.63, 3.8) is 0 Å². The van der Waals surface area contributed by atoms with Crippen molar-refractivity contribution < 1.29 is 0 Å². The van der Waals surface area contributed by atoms with E-state index in [9.17, 15) is 0 Å². The number of anilines is 1. The number of thiophene rings is 1. The third kappa shape index (κ3) is 2.44. The lowest BCUT2D eigenvalue weighted by molar-refractivity contribution is 0.363. The van der Waals surface area contributed by atoms with Crippen molar-refractivity contribution in [2.45, 2.75) is 32.7 Å². The Balaban J connectivity index is 1.95. The van der Waals surface area contributed by atoms with Crippen LogP contribution in [0.5, 0.6) is 0 Å². The average Bonchev–Trinajstić information content (AvgIpc) is 2.78. The van der Waals surface area contributed by atoms with Crippen molar-refractivity contribution in [2.75, 3.05) is 18.0 Å². The summed E-state index contributed by atoms with van der Waals surface area (Å²) in [5.41, 5.74) is 6.07. The molecule has 1 fully saturated rings. The maximum atomic E-state index is 6.07. The maximum Gasteiger partial charge on any atom is 0.140 e. The Morgan fingerprint density at radius 1 is 1.47 bits per heavy atom. The highest BCUT2D eigenvalue weighted by molar-refractivity contribution is 7.18. The average molecular weight is 276 g/mol. The summed E-state index contributed by atoms with van der Waals surface area (Å²) in [7, 11) is 0. The van der Waals surface area contributed by atoms with Crippen LogP contribution < -0.4 is 10.6 Å². The van der Waals surface area contributed by atoms with E-state index in [2.05, 4.69) is 34.8 Å². The maximum absolute atomic E-state index is 6.07. The molecule has 2 unspecified atom stereocenters. The molecule has 19 heavy (non-hydrogen) atoms. The first kappa shape index (κ1) is 12.8. The number of nitrogens with zero attached hydrogens (tertiary/aromatic N) is 3. The summed E-state index contributed by atoms with van der Waals surface area (Å²) in [5, 5.41) is 1.19. The fraction of sp³-hybridized carbons (Fsp3) is 0.571. The Bertz CT molecular complexity index is 578. The van der Waals surface area contributed by atoms with Crippen LogP contribution in [0.2, 0.25) is 0 Å². The molecule has 0 amide bonds. The second-order valence-corrected chi connectivity index (χ2v) is 6.72. The molecule has 0 spiro atoms. The molecule has 0 aromatic carbocycles. The van der Waals surface area contributed by atoms with Crippen molar-refractivity contribution in [1.82, 2.24) is 9.97 Å². The fourth-order valence-corrected chi connectivity index (χ4v) is 3.69.